The number of nitrogens with one attached hydrogen (secondary N) is 1. The summed E-state index contributed by atoms with van der Waals surface area (Å²) in [4.78, 5) is 1.26. The van der Waals surface area contributed by atoms with Gasteiger partial charge in [-0.15, -0.1) is 11.3 Å². The third-order valence-corrected chi connectivity index (χ3v) is 4.73. The molecule has 2 nitrogen and oxygen atoms in total. The molecule has 0 aliphatic carbocycles. The van der Waals surface area contributed by atoms with E-state index >= 15 is 0 Å². The second kappa shape index (κ2) is 7.10. The molecule has 1 aromatic carbocycles. The Kier molecular flexibility index (Phi) is 5.43. The molecule has 0 aliphatic rings. The summed E-state index contributed by atoms with van der Waals surface area (Å²) in [7, 11) is 1.75. The molecule has 0 saturated heterocycles. The van der Waals surface area contributed by atoms with E-state index in [4.69, 9.17) is 4.74 Å². The van der Waals surface area contributed by atoms with Crippen LogP contribution in [-0.4, -0.2) is 13.7 Å². The summed E-state index contributed by atoms with van der Waals surface area (Å²) in [5.74, 6) is 0.980. The van der Waals surface area contributed by atoms with Gasteiger partial charge in [-0.3, -0.25) is 0 Å². The lowest BCUT2D eigenvalue weighted by Gasteiger charge is -2.23. The van der Waals surface area contributed by atoms with Crippen molar-refractivity contribution in [2.75, 3.05) is 13.7 Å². The summed E-state index contributed by atoms with van der Waals surface area (Å²) in [6.07, 6.45) is 1.12. The molecule has 21 heavy (non-hydrogen) atoms. The van der Waals surface area contributed by atoms with Crippen LogP contribution in [0.5, 0.6) is 5.75 Å². The summed E-state index contributed by atoms with van der Waals surface area (Å²) in [6, 6.07) is 6.80. The number of hydrogen-bond acceptors (Lipinski definition) is 3. The minimum Gasteiger partial charge on any atom is -0.496 e. The average Bonchev–Trinajstić information content (AvgIpc) is 2.89. The molecule has 0 saturated carbocycles. The Bertz CT molecular complexity index is 580. The molecule has 1 aromatic heterocycles. The molecule has 0 bridgehead atoms. The lowest BCUT2D eigenvalue weighted by molar-refractivity contribution is 0.407. The Morgan fingerprint density at radius 3 is 2.43 bits per heavy atom. The second-order valence-corrected chi connectivity index (χ2v) is 6.50. The van der Waals surface area contributed by atoms with E-state index in [0.717, 1.165) is 18.7 Å². The number of rotatable bonds is 6. The van der Waals surface area contributed by atoms with Crippen LogP contribution < -0.4 is 10.1 Å². The van der Waals surface area contributed by atoms with Gasteiger partial charge in [-0.1, -0.05) is 24.6 Å². The maximum atomic E-state index is 5.54. The van der Waals surface area contributed by atoms with Crippen molar-refractivity contribution >= 4 is 11.3 Å². The van der Waals surface area contributed by atoms with Gasteiger partial charge in [-0.05, 0) is 61.9 Å². The molecule has 1 heterocycles. The zero-order valence-electron chi connectivity index (χ0n) is 13.6. The number of benzene rings is 1. The van der Waals surface area contributed by atoms with E-state index in [9.17, 15) is 0 Å². The van der Waals surface area contributed by atoms with Crippen molar-refractivity contribution in [3.05, 3.63) is 50.7 Å². The Labute approximate surface area is 132 Å². The lowest BCUT2D eigenvalue weighted by atomic mass is 9.93. The lowest BCUT2D eigenvalue weighted by Crippen LogP contribution is -2.24. The summed E-state index contributed by atoms with van der Waals surface area (Å²) in [6.45, 7) is 9.76. The summed E-state index contributed by atoms with van der Waals surface area (Å²) in [5.41, 5.74) is 5.39. The van der Waals surface area contributed by atoms with E-state index in [-0.39, 0.29) is 6.04 Å². The van der Waals surface area contributed by atoms with E-state index < -0.39 is 0 Å². The Morgan fingerprint density at radius 2 is 1.86 bits per heavy atom. The first-order valence-electron chi connectivity index (χ1n) is 7.51. The molecule has 0 spiro atoms. The van der Waals surface area contributed by atoms with Gasteiger partial charge in [0.25, 0.3) is 0 Å². The van der Waals surface area contributed by atoms with Crippen molar-refractivity contribution < 1.29 is 4.74 Å². The molecule has 1 unspecified atom stereocenters. The normalized spacial score (nSPS) is 12.4. The number of aryl methyl sites for hydroxylation is 3. The first-order chi connectivity index (χ1) is 10.1. The quantitative estimate of drug-likeness (QED) is 0.830. The highest BCUT2D eigenvalue weighted by molar-refractivity contribution is 7.10. The van der Waals surface area contributed by atoms with Crippen LogP contribution >= 0.6 is 11.3 Å². The zero-order chi connectivity index (χ0) is 15.4. The standard InChI is InChI=1S/C18H25NOS/c1-6-8-19-17(18-15(20-5)7-9-21-18)16-13(3)10-12(2)11-14(16)4/h7,9-11,17,19H,6,8H2,1-5H3. The fourth-order valence-corrected chi connectivity index (χ4v) is 3.89. The number of methoxy groups -OCH3 is 1. The monoisotopic (exact) mass is 303 g/mol. The molecule has 3 heteroatoms. The van der Waals surface area contributed by atoms with Crippen LogP contribution in [0.4, 0.5) is 0 Å². The predicted molar refractivity (Wildman–Crippen MR) is 91.7 cm³/mol. The summed E-state index contributed by atoms with van der Waals surface area (Å²) >= 11 is 1.76. The molecule has 2 rings (SSSR count). The van der Waals surface area contributed by atoms with Gasteiger partial charge in [0.15, 0.2) is 0 Å². The van der Waals surface area contributed by atoms with Crippen LogP contribution in [0, 0.1) is 20.8 Å². The molecular formula is C18H25NOS. The smallest absolute Gasteiger partial charge is 0.134 e. The van der Waals surface area contributed by atoms with Gasteiger partial charge < -0.3 is 10.1 Å². The molecule has 0 amide bonds. The topological polar surface area (TPSA) is 21.3 Å². The maximum Gasteiger partial charge on any atom is 0.134 e. The molecule has 1 N–H and O–H groups in total. The molecule has 114 valence electrons. The maximum absolute atomic E-state index is 5.54. The van der Waals surface area contributed by atoms with Gasteiger partial charge in [-0.2, -0.15) is 0 Å². The minimum absolute atomic E-state index is 0.209. The fraction of sp³-hybridized carbons (Fsp3) is 0.444. The largest absolute Gasteiger partial charge is 0.496 e. The Balaban J connectivity index is 2.51. The van der Waals surface area contributed by atoms with Gasteiger partial charge >= 0.3 is 0 Å². The summed E-state index contributed by atoms with van der Waals surface area (Å²) in [5, 5.41) is 5.80. The number of ether oxygens (including phenoxy) is 1. The molecule has 0 aliphatic heterocycles. The van der Waals surface area contributed by atoms with Gasteiger partial charge in [-0.25, -0.2) is 0 Å². The Morgan fingerprint density at radius 1 is 1.19 bits per heavy atom. The first-order valence-corrected chi connectivity index (χ1v) is 8.39. The van der Waals surface area contributed by atoms with Crippen molar-refractivity contribution in [1.82, 2.24) is 5.32 Å². The highest BCUT2D eigenvalue weighted by Crippen LogP contribution is 2.37. The molecule has 0 radical (unpaired) electrons. The fourth-order valence-electron chi connectivity index (χ4n) is 2.95. The van der Waals surface area contributed by atoms with Crippen LogP contribution in [0.2, 0.25) is 0 Å². The van der Waals surface area contributed by atoms with Crippen molar-refractivity contribution in [2.45, 2.75) is 40.2 Å². The SMILES string of the molecule is CCCNC(c1sccc1OC)c1c(C)cc(C)cc1C. The van der Waals surface area contributed by atoms with Crippen molar-refractivity contribution in [3.63, 3.8) is 0 Å². The van der Waals surface area contributed by atoms with E-state index in [0.29, 0.717) is 0 Å². The van der Waals surface area contributed by atoms with Crippen molar-refractivity contribution in [1.29, 1.82) is 0 Å². The molecular weight excluding hydrogens is 278 g/mol. The van der Waals surface area contributed by atoms with Gasteiger partial charge in [0, 0.05) is 0 Å². The molecule has 2 aromatic rings. The molecule has 1 atom stereocenters. The van der Waals surface area contributed by atoms with E-state index in [2.05, 4.69) is 56.6 Å². The average molecular weight is 303 g/mol. The highest BCUT2D eigenvalue weighted by Gasteiger charge is 2.22. The Hall–Kier alpha value is -1.32. The summed E-state index contributed by atoms with van der Waals surface area (Å²) < 4.78 is 5.54. The van der Waals surface area contributed by atoms with Crippen LogP contribution in [0.3, 0.4) is 0 Å². The zero-order valence-corrected chi connectivity index (χ0v) is 14.4. The van der Waals surface area contributed by atoms with Crippen molar-refractivity contribution in [3.8, 4) is 5.75 Å². The van der Waals surface area contributed by atoms with Crippen molar-refractivity contribution in [2.24, 2.45) is 0 Å². The highest BCUT2D eigenvalue weighted by atomic mass is 32.1. The van der Waals surface area contributed by atoms with E-state index in [1.165, 1.54) is 27.1 Å². The third kappa shape index (κ3) is 3.47. The van der Waals surface area contributed by atoms with Crippen LogP contribution in [0.15, 0.2) is 23.6 Å². The second-order valence-electron chi connectivity index (χ2n) is 5.55. The van der Waals surface area contributed by atoms with Gasteiger partial charge in [0.1, 0.15) is 5.75 Å². The predicted octanol–water partition coefficient (Wildman–Crippen LogP) is 4.77. The van der Waals surface area contributed by atoms with Crippen LogP contribution in [0.25, 0.3) is 0 Å². The van der Waals surface area contributed by atoms with Gasteiger partial charge in [0.2, 0.25) is 0 Å². The van der Waals surface area contributed by atoms with Gasteiger partial charge in [0.05, 0.1) is 18.0 Å². The number of thiophene rings is 1. The van der Waals surface area contributed by atoms with Crippen LogP contribution in [-0.2, 0) is 0 Å². The number of hydrogen-bond donors (Lipinski definition) is 1. The van der Waals surface area contributed by atoms with Crippen LogP contribution in [0.1, 0.15) is 46.5 Å². The first kappa shape index (κ1) is 16.1. The van der Waals surface area contributed by atoms with E-state index in [1.807, 2.05) is 0 Å². The molecule has 0 fully saturated rings. The third-order valence-electron chi connectivity index (χ3n) is 3.76. The minimum atomic E-state index is 0.209. The van der Waals surface area contributed by atoms with E-state index in [1.54, 1.807) is 18.4 Å².